The van der Waals surface area contributed by atoms with Crippen LogP contribution >= 0.6 is 0 Å². The number of hydrogen-bond acceptors (Lipinski definition) is 6. The summed E-state index contributed by atoms with van der Waals surface area (Å²) in [5, 5.41) is 16.2. The number of anilines is 3. The van der Waals surface area contributed by atoms with Crippen LogP contribution in [-0.4, -0.2) is 36.8 Å². The highest BCUT2D eigenvalue weighted by atomic mass is 19.1. The van der Waals surface area contributed by atoms with Crippen LogP contribution in [0.1, 0.15) is 32.6 Å². The van der Waals surface area contributed by atoms with E-state index in [1.807, 2.05) is 11.5 Å². The number of aryl methyl sites for hydroxylation is 1. The van der Waals surface area contributed by atoms with E-state index in [1.165, 1.54) is 12.1 Å². The van der Waals surface area contributed by atoms with Crippen molar-refractivity contribution in [2.75, 3.05) is 10.6 Å². The van der Waals surface area contributed by atoms with E-state index in [9.17, 15) is 9.50 Å². The molecular weight excluding hydrogens is 347 g/mol. The van der Waals surface area contributed by atoms with Crippen LogP contribution < -0.4 is 10.6 Å². The molecule has 0 saturated heterocycles. The summed E-state index contributed by atoms with van der Waals surface area (Å²) in [5.41, 5.74) is 1.98. The van der Waals surface area contributed by atoms with Crippen LogP contribution in [0.15, 0.2) is 30.6 Å². The van der Waals surface area contributed by atoms with Crippen LogP contribution in [0.3, 0.4) is 0 Å². The standard InChI is InChI=1S/C19H23FN6O/c1-2-26-11-21-16-17(22-14-5-3-4-12(20)10-14)24-19(25-18(16)26)23-13-6-8-15(27)9-7-13/h3-5,10-11,13,15,27H,2,6-9H2,1H3,(H2,22,23,24,25). The second kappa shape index (κ2) is 7.48. The number of fused-ring (bicyclic) bond motifs is 1. The molecule has 3 aromatic rings. The molecule has 1 aliphatic carbocycles. The number of imidazole rings is 1. The van der Waals surface area contributed by atoms with Crippen molar-refractivity contribution in [2.45, 2.75) is 51.3 Å². The Labute approximate surface area is 156 Å². The number of rotatable bonds is 5. The molecule has 27 heavy (non-hydrogen) atoms. The van der Waals surface area contributed by atoms with Gasteiger partial charge in [-0.05, 0) is 50.8 Å². The lowest BCUT2D eigenvalue weighted by Crippen LogP contribution is -2.29. The fourth-order valence-electron chi connectivity index (χ4n) is 3.43. The average molecular weight is 370 g/mol. The highest BCUT2D eigenvalue weighted by molar-refractivity contribution is 5.86. The number of aromatic nitrogens is 4. The van der Waals surface area contributed by atoms with E-state index in [1.54, 1.807) is 18.5 Å². The van der Waals surface area contributed by atoms with Gasteiger partial charge in [0.15, 0.2) is 17.0 Å². The maximum Gasteiger partial charge on any atom is 0.227 e. The van der Waals surface area contributed by atoms with Gasteiger partial charge in [0.1, 0.15) is 5.82 Å². The quantitative estimate of drug-likeness (QED) is 0.638. The Morgan fingerprint density at radius 1 is 1.22 bits per heavy atom. The van der Waals surface area contributed by atoms with Crippen molar-refractivity contribution in [1.82, 2.24) is 19.5 Å². The summed E-state index contributed by atoms with van der Waals surface area (Å²) < 4.78 is 15.5. The van der Waals surface area contributed by atoms with Gasteiger partial charge in [-0.3, -0.25) is 0 Å². The molecule has 1 fully saturated rings. The average Bonchev–Trinajstić information content (AvgIpc) is 3.07. The van der Waals surface area contributed by atoms with E-state index in [0.29, 0.717) is 23.0 Å². The first-order chi connectivity index (χ1) is 13.1. The van der Waals surface area contributed by atoms with Gasteiger partial charge in [0.2, 0.25) is 5.95 Å². The van der Waals surface area contributed by atoms with Gasteiger partial charge < -0.3 is 20.3 Å². The van der Waals surface area contributed by atoms with Crippen LogP contribution in [0.4, 0.5) is 21.8 Å². The molecule has 1 saturated carbocycles. The lowest BCUT2D eigenvalue weighted by atomic mass is 9.93. The topological polar surface area (TPSA) is 87.9 Å². The highest BCUT2D eigenvalue weighted by Gasteiger charge is 2.21. The Morgan fingerprint density at radius 3 is 2.78 bits per heavy atom. The third-order valence-corrected chi connectivity index (χ3v) is 4.92. The van der Waals surface area contributed by atoms with Gasteiger partial charge in [0, 0.05) is 18.3 Å². The maximum absolute atomic E-state index is 13.5. The van der Waals surface area contributed by atoms with Crippen molar-refractivity contribution >= 4 is 28.6 Å². The van der Waals surface area contributed by atoms with Gasteiger partial charge in [-0.1, -0.05) is 6.07 Å². The molecule has 0 bridgehead atoms. The third kappa shape index (κ3) is 3.85. The summed E-state index contributed by atoms with van der Waals surface area (Å²) in [6.45, 7) is 2.76. The molecule has 2 heterocycles. The fraction of sp³-hybridized carbons (Fsp3) is 0.421. The van der Waals surface area contributed by atoms with E-state index in [-0.39, 0.29) is 18.0 Å². The molecule has 0 atom stereocenters. The van der Waals surface area contributed by atoms with Gasteiger partial charge in [-0.2, -0.15) is 9.97 Å². The summed E-state index contributed by atoms with van der Waals surface area (Å²) >= 11 is 0. The van der Waals surface area contributed by atoms with Crippen LogP contribution in [-0.2, 0) is 6.54 Å². The molecular formula is C19H23FN6O. The molecule has 4 rings (SSSR count). The fourth-order valence-corrected chi connectivity index (χ4v) is 3.43. The van der Waals surface area contributed by atoms with E-state index in [0.717, 1.165) is 37.9 Å². The molecule has 2 aromatic heterocycles. The van der Waals surface area contributed by atoms with E-state index in [2.05, 4.69) is 25.6 Å². The number of aliphatic hydroxyl groups is 1. The molecule has 0 unspecified atom stereocenters. The summed E-state index contributed by atoms with van der Waals surface area (Å²) in [5.74, 6) is 0.734. The number of aliphatic hydroxyl groups excluding tert-OH is 1. The predicted molar refractivity (Wildman–Crippen MR) is 103 cm³/mol. The second-order valence-corrected chi connectivity index (χ2v) is 6.88. The lowest BCUT2D eigenvalue weighted by molar-refractivity contribution is 0.126. The molecule has 1 aliphatic rings. The van der Waals surface area contributed by atoms with Crippen molar-refractivity contribution in [3.63, 3.8) is 0 Å². The van der Waals surface area contributed by atoms with Gasteiger partial charge in [0.05, 0.1) is 12.4 Å². The molecule has 0 radical (unpaired) electrons. The molecule has 0 aliphatic heterocycles. The molecule has 3 N–H and O–H groups in total. The minimum atomic E-state index is -0.316. The second-order valence-electron chi connectivity index (χ2n) is 6.88. The Hall–Kier alpha value is -2.74. The third-order valence-electron chi connectivity index (χ3n) is 4.92. The Bertz CT molecular complexity index is 935. The molecule has 0 amide bonds. The Balaban J connectivity index is 1.67. The summed E-state index contributed by atoms with van der Waals surface area (Å²) in [6, 6.07) is 6.47. The zero-order chi connectivity index (χ0) is 18.8. The van der Waals surface area contributed by atoms with Crippen molar-refractivity contribution in [2.24, 2.45) is 0 Å². The van der Waals surface area contributed by atoms with Gasteiger partial charge >= 0.3 is 0 Å². The zero-order valence-corrected chi connectivity index (χ0v) is 15.2. The minimum Gasteiger partial charge on any atom is -0.393 e. The molecule has 7 nitrogen and oxygen atoms in total. The molecule has 1 aromatic carbocycles. The predicted octanol–water partition coefficient (Wildman–Crippen LogP) is 3.44. The van der Waals surface area contributed by atoms with Crippen molar-refractivity contribution in [3.05, 3.63) is 36.4 Å². The van der Waals surface area contributed by atoms with E-state index in [4.69, 9.17) is 0 Å². The van der Waals surface area contributed by atoms with E-state index >= 15 is 0 Å². The van der Waals surface area contributed by atoms with Crippen molar-refractivity contribution in [1.29, 1.82) is 0 Å². The van der Waals surface area contributed by atoms with Crippen LogP contribution in [0.5, 0.6) is 0 Å². The number of benzene rings is 1. The van der Waals surface area contributed by atoms with Gasteiger partial charge in [-0.15, -0.1) is 0 Å². The lowest BCUT2D eigenvalue weighted by Gasteiger charge is -2.26. The van der Waals surface area contributed by atoms with Crippen LogP contribution in [0.2, 0.25) is 0 Å². The number of halogens is 1. The Morgan fingerprint density at radius 2 is 2.04 bits per heavy atom. The summed E-state index contributed by atoms with van der Waals surface area (Å²) in [7, 11) is 0. The largest absolute Gasteiger partial charge is 0.393 e. The van der Waals surface area contributed by atoms with E-state index < -0.39 is 0 Å². The Kier molecular flexibility index (Phi) is 4.89. The molecule has 142 valence electrons. The number of hydrogen-bond donors (Lipinski definition) is 3. The minimum absolute atomic E-state index is 0.210. The smallest absolute Gasteiger partial charge is 0.227 e. The van der Waals surface area contributed by atoms with Crippen molar-refractivity contribution in [3.8, 4) is 0 Å². The summed E-state index contributed by atoms with van der Waals surface area (Å²) in [4.78, 5) is 13.7. The normalized spacial score (nSPS) is 20.0. The molecule has 0 spiro atoms. The zero-order valence-electron chi connectivity index (χ0n) is 15.2. The first-order valence-corrected chi connectivity index (χ1v) is 9.32. The van der Waals surface area contributed by atoms with Gasteiger partial charge in [-0.25, -0.2) is 9.37 Å². The van der Waals surface area contributed by atoms with Crippen molar-refractivity contribution < 1.29 is 9.50 Å². The molecule has 8 heteroatoms. The first-order valence-electron chi connectivity index (χ1n) is 9.32. The number of nitrogens with one attached hydrogen (secondary N) is 2. The van der Waals surface area contributed by atoms with Gasteiger partial charge in [0.25, 0.3) is 0 Å². The highest BCUT2D eigenvalue weighted by Crippen LogP contribution is 2.26. The maximum atomic E-state index is 13.5. The first kappa shape index (κ1) is 17.7. The monoisotopic (exact) mass is 370 g/mol. The van der Waals surface area contributed by atoms with Crippen LogP contribution in [0.25, 0.3) is 11.2 Å². The SMILES string of the molecule is CCn1cnc2c(Nc3cccc(F)c3)nc(NC3CCC(O)CC3)nc21. The summed E-state index contributed by atoms with van der Waals surface area (Å²) in [6.07, 6.45) is 4.84. The number of nitrogens with zero attached hydrogens (tertiary/aromatic N) is 4. The van der Waals surface area contributed by atoms with Crippen LogP contribution in [0, 0.1) is 5.82 Å².